The molecule has 7 nitrogen and oxygen atoms in total. The number of rotatable bonds is 9. The molecule has 1 saturated carbocycles. The van der Waals surface area contributed by atoms with Crippen LogP contribution in [0.25, 0.3) is 11.1 Å². The number of hydrogen-bond donors (Lipinski definition) is 1. The van der Waals surface area contributed by atoms with Crippen molar-refractivity contribution in [3.05, 3.63) is 83.0 Å². The van der Waals surface area contributed by atoms with E-state index in [9.17, 15) is 22.7 Å². The van der Waals surface area contributed by atoms with Gasteiger partial charge >= 0.3 is 5.97 Å². The number of carboxylic acids is 1. The second kappa shape index (κ2) is 12.0. The second-order valence-corrected chi connectivity index (χ2v) is 13.2. The van der Waals surface area contributed by atoms with Crippen molar-refractivity contribution in [2.75, 3.05) is 30.0 Å². The van der Waals surface area contributed by atoms with Gasteiger partial charge in [0, 0.05) is 36.2 Å². The fourth-order valence-corrected chi connectivity index (χ4v) is 6.99. The first kappa shape index (κ1) is 29.5. The third kappa shape index (κ3) is 6.81. The van der Waals surface area contributed by atoms with Crippen molar-refractivity contribution in [3.8, 4) is 11.1 Å². The number of anilines is 1. The van der Waals surface area contributed by atoms with Gasteiger partial charge in [-0.2, -0.15) is 0 Å². The molecule has 0 spiro atoms. The number of aliphatic carboxylic acids is 1. The number of halogens is 1. The Bertz CT molecular complexity index is 1480. The molecule has 1 aliphatic heterocycles. The highest BCUT2D eigenvalue weighted by Crippen LogP contribution is 2.41. The summed E-state index contributed by atoms with van der Waals surface area (Å²) in [7, 11) is -3.02. The van der Waals surface area contributed by atoms with E-state index in [1.807, 2.05) is 39.0 Å². The molecule has 1 N–H and O–H groups in total. The first-order chi connectivity index (χ1) is 18.9. The van der Waals surface area contributed by atoms with Gasteiger partial charge in [-0.05, 0) is 85.6 Å². The Morgan fingerprint density at radius 3 is 2.70 bits per heavy atom. The Balaban J connectivity index is 1.45. The molecule has 2 aliphatic rings. The van der Waals surface area contributed by atoms with Gasteiger partial charge < -0.3 is 14.7 Å². The Morgan fingerprint density at radius 2 is 2.05 bits per heavy atom. The van der Waals surface area contributed by atoms with Gasteiger partial charge in [0.05, 0.1) is 11.7 Å². The van der Waals surface area contributed by atoms with Crippen molar-refractivity contribution in [2.24, 2.45) is 17.8 Å². The van der Waals surface area contributed by atoms with Crippen molar-refractivity contribution in [3.63, 3.8) is 0 Å². The predicted octanol–water partition coefficient (Wildman–Crippen LogP) is 5.71. The maximum absolute atomic E-state index is 14.7. The molecule has 1 aromatic heterocycles. The summed E-state index contributed by atoms with van der Waals surface area (Å²) in [6.07, 6.45) is 6.27. The lowest BCUT2D eigenvalue weighted by Crippen LogP contribution is -2.23. The second-order valence-electron chi connectivity index (χ2n) is 11.0. The Labute approximate surface area is 236 Å². The molecule has 0 amide bonds. The number of carbonyl (C=O) groups is 1. The molecular formula is C31H37FN2O5S. The molecule has 2 aromatic rings. The van der Waals surface area contributed by atoms with Crippen LogP contribution >= 0.6 is 0 Å². The number of allylic oxidation sites excluding steroid dienone is 3. The van der Waals surface area contributed by atoms with E-state index < -0.39 is 27.5 Å². The van der Waals surface area contributed by atoms with E-state index >= 15 is 0 Å². The minimum atomic E-state index is -3.02. The maximum atomic E-state index is 14.7. The minimum Gasteiger partial charge on any atom is -0.489 e. The van der Waals surface area contributed by atoms with Crippen molar-refractivity contribution >= 4 is 21.6 Å². The molecule has 3 unspecified atom stereocenters. The van der Waals surface area contributed by atoms with Crippen LogP contribution in [0, 0.1) is 30.5 Å². The van der Waals surface area contributed by atoms with Crippen molar-refractivity contribution in [2.45, 2.75) is 40.2 Å². The first-order valence-electron chi connectivity index (χ1n) is 13.5. The minimum absolute atomic E-state index is 0.0224. The molecule has 1 saturated heterocycles. The molecular weight excluding hydrogens is 531 g/mol. The fraction of sp³-hybridized carbons (Fsp3) is 0.419. The number of benzene rings is 1. The van der Waals surface area contributed by atoms with Gasteiger partial charge in [0.15, 0.2) is 0 Å². The smallest absolute Gasteiger partial charge is 0.311 e. The molecule has 0 radical (unpaired) electrons. The largest absolute Gasteiger partial charge is 0.489 e. The molecule has 40 heavy (non-hydrogen) atoms. The molecule has 1 aliphatic carbocycles. The maximum Gasteiger partial charge on any atom is 0.311 e. The molecule has 214 valence electrons. The number of hydrogen-bond acceptors (Lipinski definition) is 6. The highest BCUT2D eigenvalue weighted by Gasteiger charge is 2.37. The van der Waals surface area contributed by atoms with Gasteiger partial charge in [0.1, 0.15) is 33.8 Å². The van der Waals surface area contributed by atoms with Gasteiger partial charge in [-0.25, -0.2) is 17.8 Å². The summed E-state index contributed by atoms with van der Waals surface area (Å²) in [5, 5.41) is 9.59. The summed E-state index contributed by atoms with van der Waals surface area (Å²) in [4.78, 5) is 18.6. The van der Waals surface area contributed by atoms with Gasteiger partial charge in [0.2, 0.25) is 0 Å². The summed E-state index contributed by atoms with van der Waals surface area (Å²) < 4.78 is 43.8. The van der Waals surface area contributed by atoms with Crippen LogP contribution in [0.3, 0.4) is 0 Å². The van der Waals surface area contributed by atoms with E-state index in [1.54, 1.807) is 18.2 Å². The SMILES string of the molecule is C=C(/C=C1/CC(C)C(C(=O)O)/C1=C/C)OCc1cc(-c2ccc(N3CCC(CS(C)(=O)=O)C3)nc2C)ccc1F. The van der Waals surface area contributed by atoms with E-state index in [0.717, 1.165) is 46.8 Å². The number of carboxylic acid groups (broad SMARTS) is 1. The third-order valence-corrected chi connectivity index (χ3v) is 8.80. The topological polar surface area (TPSA) is 96.8 Å². The quantitative estimate of drug-likeness (QED) is 0.387. The first-order valence-corrected chi connectivity index (χ1v) is 15.5. The van der Waals surface area contributed by atoms with Crippen LogP contribution in [0.5, 0.6) is 0 Å². The lowest BCUT2D eigenvalue weighted by Gasteiger charge is -2.19. The third-order valence-electron chi connectivity index (χ3n) is 7.72. The molecule has 1 aromatic carbocycles. The number of aromatic nitrogens is 1. The molecule has 9 heteroatoms. The zero-order chi connectivity index (χ0) is 29.2. The lowest BCUT2D eigenvalue weighted by atomic mass is 9.94. The Hall–Kier alpha value is -3.46. The Morgan fingerprint density at radius 1 is 1.30 bits per heavy atom. The van der Waals surface area contributed by atoms with Crippen LogP contribution < -0.4 is 4.90 Å². The number of sulfone groups is 1. The van der Waals surface area contributed by atoms with Crippen molar-refractivity contribution in [1.29, 1.82) is 0 Å². The van der Waals surface area contributed by atoms with E-state index in [0.29, 0.717) is 24.3 Å². The number of aryl methyl sites for hydroxylation is 1. The monoisotopic (exact) mass is 568 g/mol. The summed E-state index contributed by atoms with van der Waals surface area (Å²) >= 11 is 0. The van der Waals surface area contributed by atoms with Crippen molar-refractivity contribution in [1.82, 2.24) is 4.98 Å². The van der Waals surface area contributed by atoms with Crippen LogP contribution in [0.2, 0.25) is 0 Å². The number of ether oxygens (including phenoxy) is 1. The van der Waals surface area contributed by atoms with Gasteiger partial charge in [-0.15, -0.1) is 0 Å². The summed E-state index contributed by atoms with van der Waals surface area (Å²) in [6.45, 7) is 11.0. The van der Waals surface area contributed by atoms with Crippen LogP contribution in [0.1, 0.15) is 37.9 Å². The van der Waals surface area contributed by atoms with E-state index in [1.165, 1.54) is 12.3 Å². The number of pyridine rings is 1. The van der Waals surface area contributed by atoms with Crippen LogP contribution in [0.15, 0.2) is 66.0 Å². The molecule has 4 rings (SSSR count). The molecule has 0 bridgehead atoms. The fourth-order valence-electron chi connectivity index (χ4n) is 5.87. The Kier molecular flexibility index (Phi) is 8.83. The highest BCUT2D eigenvalue weighted by molar-refractivity contribution is 7.90. The molecule has 2 fully saturated rings. The lowest BCUT2D eigenvalue weighted by molar-refractivity contribution is -0.141. The summed E-state index contributed by atoms with van der Waals surface area (Å²) in [5.74, 6) is -0.386. The predicted molar refractivity (Wildman–Crippen MR) is 155 cm³/mol. The van der Waals surface area contributed by atoms with Crippen molar-refractivity contribution < 1.29 is 27.4 Å². The van der Waals surface area contributed by atoms with Crippen LogP contribution in [-0.4, -0.2) is 49.6 Å². The zero-order valence-electron chi connectivity index (χ0n) is 23.5. The highest BCUT2D eigenvalue weighted by atomic mass is 32.2. The molecule has 2 heterocycles. The van der Waals surface area contributed by atoms with Crippen LogP contribution in [-0.2, 0) is 26.0 Å². The standard InChI is InChI=1S/C31H37FN2O5S/c1-6-26-24(13-19(2)30(26)31(35)36)14-20(3)39-17-25-15-23(7-9-28(25)32)27-8-10-29(33-21(27)4)34-12-11-22(16-34)18-40(5,37)38/h6-10,14-15,19,22,30H,3,11-13,16-18H2,1-2,4-5H3,(H,35,36)/b24-14-,26-6+. The normalized spacial score (nSPS) is 23.2. The number of nitrogens with zero attached hydrogens (tertiary/aromatic N) is 2. The summed E-state index contributed by atoms with van der Waals surface area (Å²) in [6, 6.07) is 8.74. The summed E-state index contributed by atoms with van der Waals surface area (Å²) in [5.41, 5.74) is 4.49. The van der Waals surface area contributed by atoms with E-state index in [2.05, 4.69) is 11.5 Å². The van der Waals surface area contributed by atoms with Crippen LogP contribution in [0.4, 0.5) is 10.2 Å². The van der Waals surface area contributed by atoms with E-state index in [4.69, 9.17) is 9.72 Å². The van der Waals surface area contributed by atoms with Gasteiger partial charge in [0.25, 0.3) is 0 Å². The van der Waals surface area contributed by atoms with Gasteiger partial charge in [-0.3, -0.25) is 4.79 Å². The average molecular weight is 569 g/mol. The van der Waals surface area contributed by atoms with E-state index in [-0.39, 0.29) is 24.2 Å². The average Bonchev–Trinajstić information content (AvgIpc) is 3.45. The zero-order valence-corrected chi connectivity index (χ0v) is 24.3. The van der Waals surface area contributed by atoms with Gasteiger partial charge in [-0.1, -0.05) is 25.6 Å². The molecule has 3 atom stereocenters.